The summed E-state index contributed by atoms with van der Waals surface area (Å²) in [5, 5.41) is 7.10. The summed E-state index contributed by atoms with van der Waals surface area (Å²) in [6.45, 7) is 9.45. The maximum absolute atomic E-state index is 7.10. The molecule has 0 spiro atoms. The van der Waals surface area contributed by atoms with Gasteiger partial charge in [0.05, 0.1) is 24.8 Å². The van der Waals surface area contributed by atoms with Crippen LogP contribution in [0, 0.1) is 25.4 Å². The first-order valence-electron chi connectivity index (χ1n) is 14.8. The molecule has 9 nitrogen and oxygen atoms in total. The van der Waals surface area contributed by atoms with E-state index in [-0.39, 0.29) is 24.2 Å². The summed E-state index contributed by atoms with van der Waals surface area (Å²) in [4.78, 5) is 18.9. The Labute approximate surface area is 248 Å². The molecule has 0 radical (unpaired) electrons. The number of ether oxygens (including phenoxy) is 3. The number of allylic oxidation sites excluding steroid dienone is 2. The molecule has 2 aromatic rings. The molecule has 222 valence electrons. The quantitative estimate of drug-likeness (QED) is 0.312. The van der Waals surface area contributed by atoms with E-state index in [9.17, 15) is 0 Å². The van der Waals surface area contributed by atoms with Gasteiger partial charge in [-0.3, -0.25) is 4.90 Å². The van der Waals surface area contributed by atoms with Gasteiger partial charge >= 0.3 is 0 Å². The number of terminal acetylenes is 1. The highest BCUT2D eigenvalue weighted by Gasteiger charge is 2.40. The molecule has 3 aliphatic heterocycles. The average Bonchev–Trinajstić information content (AvgIpc) is 3.63. The SMILES string of the molecule is C#CO.CCc1ccc(N(C(=NC)O[C@H]2CCN(c3nc(C)nc4c3OC3C=CC=CC43)C2)[C@@H]2CCOCC2C)cc1. The van der Waals surface area contributed by atoms with E-state index in [0.717, 1.165) is 74.3 Å². The van der Waals surface area contributed by atoms with Crippen LogP contribution in [0.4, 0.5) is 11.5 Å². The van der Waals surface area contributed by atoms with Gasteiger partial charge in [0.25, 0.3) is 6.02 Å². The van der Waals surface area contributed by atoms with Crippen LogP contribution < -0.4 is 14.5 Å². The highest BCUT2D eigenvalue weighted by molar-refractivity contribution is 5.92. The zero-order chi connectivity index (χ0) is 29.6. The van der Waals surface area contributed by atoms with Gasteiger partial charge in [-0.25, -0.2) is 15.0 Å². The molecule has 1 N–H and O–H groups in total. The molecule has 1 aromatic heterocycles. The number of hydrogen-bond acceptors (Lipinski definition) is 8. The number of nitrogens with zero attached hydrogens (tertiary/aromatic N) is 5. The van der Waals surface area contributed by atoms with E-state index in [1.807, 2.05) is 20.0 Å². The van der Waals surface area contributed by atoms with Crippen molar-refractivity contribution in [2.75, 3.05) is 43.2 Å². The summed E-state index contributed by atoms with van der Waals surface area (Å²) in [6, 6.07) is 9.74. The van der Waals surface area contributed by atoms with Crippen molar-refractivity contribution in [1.29, 1.82) is 0 Å². The zero-order valence-corrected chi connectivity index (χ0v) is 24.9. The van der Waals surface area contributed by atoms with Gasteiger partial charge in [0.2, 0.25) is 0 Å². The van der Waals surface area contributed by atoms with E-state index < -0.39 is 0 Å². The van der Waals surface area contributed by atoms with Gasteiger partial charge in [-0.1, -0.05) is 50.6 Å². The highest BCUT2D eigenvalue weighted by atomic mass is 16.5. The van der Waals surface area contributed by atoms with E-state index in [1.54, 1.807) is 0 Å². The van der Waals surface area contributed by atoms with Gasteiger partial charge in [-0.15, -0.1) is 0 Å². The van der Waals surface area contributed by atoms with Crippen molar-refractivity contribution in [3.63, 3.8) is 0 Å². The Morgan fingerprint density at radius 1 is 1.21 bits per heavy atom. The molecule has 2 saturated heterocycles. The van der Waals surface area contributed by atoms with Gasteiger partial charge in [-0.05, 0) is 43.5 Å². The third-order valence-electron chi connectivity index (χ3n) is 8.30. The smallest absolute Gasteiger partial charge is 0.292 e. The van der Waals surface area contributed by atoms with Crippen LogP contribution in [0.5, 0.6) is 5.75 Å². The molecule has 4 heterocycles. The first kappa shape index (κ1) is 29.5. The number of aliphatic imine (C=N–C) groups is 1. The Balaban J connectivity index is 0.00000113. The summed E-state index contributed by atoms with van der Waals surface area (Å²) in [6.07, 6.45) is 16.6. The lowest BCUT2D eigenvalue weighted by molar-refractivity contribution is 0.0478. The Morgan fingerprint density at radius 3 is 2.69 bits per heavy atom. The van der Waals surface area contributed by atoms with Crippen LogP contribution in [0.2, 0.25) is 0 Å². The maximum Gasteiger partial charge on any atom is 0.292 e. The van der Waals surface area contributed by atoms with Crippen molar-refractivity contribution < 1.29 is 19.3 Å². The summed E-state index contributed by atoms with van der Waals surface area (Å²) < 4.78 is 18.9. The number of aryl methyl sites for hydroxylation is 2. The molecule has 9 heteroatoms. The Bertz CT molecular complexity index is 1370. The number of aliphatic hydroxyl groups is 1. The molecule has 1 aromatic carbocycles. The van der Waals surface area contributed by atoms with Crippen molar-refractivity contribution in [2.24, 2.45) is 10.9 Å². The average molecular weight is 572 g/mol. The Morgan fingerprint density at radius 2 is 1.98 bits per heavy atom. The minimum Gasteiger partial charge on any atom is -0.479 e. The van der Waals surface area contributed by atoms with Gasteiger partial charge in [0.1, 0.15) is 24.1 Å². The van der Waals surface area contributed by atoms with Crippen LogP contribution in [0.25, 0.3) is 0 Å². The molecule has 0 bridgehead atoms. The molecular formula is C33H41N5O4. The van der Waals surface area contributed by atoms with Crippen LogP contribution in [-0.4, -0.2) is 72.7 Å². The predicted octanol–water partition coefficient (Wildman–Crippen LogP) is 4.78. The lowest BCUT2D eigenvalue weighted by Crippen LogP contribution is -2.50. The third-order valence-corrected chi connectivity index (χ3v) is 8.30. The molecular weight excluding hydrogens is 530 g/mol. The van der Waals surface area contributed by atoms with Crippen LogP contribution >= 0.6 is 0 Å². The fraction of sp³-hybridized carbons (Fsp3) is 0.485. The number of fused-ring (bicyclic) bond motifs is 3. The second kappa shape index (κ2) is 13.3. The first-order valence-corrected chi connectivity index (χ1v) is 14.8. The summed E-state index contributed by atoms with van der Waals surface area (Å²) in [5.41, 5.74) is 3.42. The number of aromatic nitrogens is 2. The van der Waals surface area contributed by atoms with Gasteiger partial charge in [0.15, 0.2) is 11.6 Å². The topological polar surface area (TPSA) is 92.5 Å². The van der Waals surface area contributed by atoms with E-state index >= 15 is 0 Å². The van der Waals surface area contributed by atoms with E-state index in [0.29, 0.717) is 11.9 Å². The zero-order valence-electron chi connectivity index (χ0n) is 24.9. The minimum atomic E-state index is -0.0116. The molecule has 0 saturated carbocycles. The maximum atomic E-state index is 7.10. The molecule has 0 amide bonds. The van der Waals surface area contributed by atoms with Gasteiger partial charge in [-0.2, -0.15) is 0 Å². The molecule has 5 atom stereocenters. The highest BCUT2D eigenvalue weighted by Crippen LogP contribution is 2.45. The molecule has 3 unspecified atom stereocenters. The van der Waals surface area contributed by atoms with Crippen molar-refractivity contribution in [3.05, 3.63) is 65.7 Å². The first-order chi connectivity index (χ1) is 20.5. The number of aliphatic hydroxyl groups excluding tert-OH is 1. The molecule has 4 aliphatic rings. The summed E-state index contributed by atoms with van der Waals surface area (Å²) >= 11 is 0. The fourth-order valence-corrected chi connectivity index (χ4v) is 6.18. The largest absolute Gasteiger partial charge is 0.479 e. The lowest BCUT2D eigenvalue weighted by atomic mass is 9.95. The van der Waals surface area contributed by atoms with Crippen LogP contribution in [-0.2, 0) is 15.9 Å². The second-order valence-electron chi connectivity index (χ2n) is 11.1. The Kier molecular flexibility index (Phi) is 9.33. The number of anilines is 2. The summed E-state index contributed by atoms with van der Waals surface area (Å²) in [5.74, 6) is 2.96. The van der Waals surface area contributed by atoms with Crippen LogP contribution in [0.15, 0.2) is 53.6 Å². The standard InChI is InChI=1S/C31H39N5O3.C2H2O/c1-5-22-10-12-23(13-11-22)36(26-15-17-37-19-20(26)2)31(32-4)38-24-14-16-35(18-24)30-29-28(33-21(3)34-30)25-8-6-7-9-27(25)39-29;1-2-3/h6-13,20,24-27H,5,14-19H2,1-4H3;1,3H/t20?,24-,25?,26+,27?;/m0./s1. The Hall–Kier alpha value is -4.03. The normalized spacial score (nSPS) is 25.9. The number of rotatable bonds is 5. The van der Waals surface area contributed by atoms with Crippen LogP contribution in [0.3, 0.4) is 0 Å². The monoisotopic (exact) mass is 571 g/mol. The lowest BCUT2D eigenvalue weighted by Gasteiger charge is -2.40. The van der Waals surface area contributed by atoms with Crippen molar-refractivity contribution in [2.45, 2.75) is 64.2 Å². The predicted molar refractivity (Wildman–Crippen MR) is 165 cm³/mol. The number of amidine groups is 1. The van der Waals surface area contributed by atoms with Crippen molar-refractivity contribution in [1.82, 2.24) is 9.97 Å². The van der Waals surface area contributed by atoms with Crippen molar-refractivity contribution in [3.8, 4) is 18.3 Å². The summed E-state index contributed by atoms with van der Waals surface area (Å²) in [7, 11) is 1.83. The molecule has 6 rings (SSSR count). The van der Waals surface area contributed by atoms with E-state index in [1.165, 1.54) is 11.7 Å². The fourth-order valence-electron chi connectivity index (χ4n) is 6.18. The third kappa shape index (κ3) is 6.09. The van der Waals surface area contributed by atoms with Crippen molar-refractivity contribution >= 4 is 17.5 Å². The molecule has 1 aliphatic carbocycles. The van der Waals surface area contributed by atoms with Gasteiger partial charge in [0, 0.05) is 44.3 Å². The van der Waals surface area contributed by atoms with E-state index in [4.69, 9.17) is 34.3 Å². The van der Waals surface area contributed by atoms with E-state index in [2.05, 4.69) is 72.6 Å². The van der Waals surface area contributed by atoms with Gasteiger partial charge < -0.3 is 24.2 Å². The number of hydrogen-bond donors (Lipinski definition) is 1. The minimum absolute atomic E-state index is 0.00865. The number of benzene rings is 1. The second-order valence-corrected chi connectivity index (χ2v) is 11.1. The molecule has 2 fully saturated rings. The molecule has 42 heavy (non-hydrogen) atoms. The van der Waals surface area contributed by atoms with Crippen LogP contribution in [0.1, 0.15) is 49.7 Å².